The van der Waals surface area contributed by atoms with E-state index in [0.29, 0.717) is 18.3 Å². The number of nitriles is 1. The Bertz CT molecular complexity index is 171. The van der Waals surface area contributed by atoms with Crippen LogP contribution in [0.4, 0.5) is 0 Å². The fourth-order valence-corrected chi connectivity index (χ4v) is 1.82. The summed E-state index contributed by atoms with van der Waals surface area (Å²) in [7, 11) is 0. The van der Waals surface area contributed by atoms with Gasteiger partial charge in [-0.05, 0) is 24.7 Å². The average molecular weight is 202 g/mol. The summed E-state index contributed by atoms with van der Waals surface area (Å²) in [5.74, 6) is 0.931. The smallest absolute Gasteiger partial charge is 0.0621 e. The first kappa shape index (κ1) is 12.8. The lowest BCUT2D eigenvalue weighted by Crippen LogP contribution is -2.34. The van der Waals surface area contributed by atoms with Crippen LogP contribution in [0.15, 0.2) is 0 Å². The lowest BCUT2D eigenvalue weighted by Gasteiger charge is -2.35. The molecule has 2 heteroatoms. The quantitative estimate of drug-likeness (QED) is 0.488. The van der Waals surface area contributed by atoms with Crippen LogP contribution < -0.4 is 0 Å². The summed E-state index contributed by atoms with van der Waals surface area (Å²) < 4.78 is 0. The van der Waals surface area contributed by atoms with Crippen molar-refractivity contribution in [3.8, 4) is 6.07 Å². The Morgan fingerprint density at radius 1 is 1.23 bits per heavy atom. The topological polar surface area (TPSA) is 23.8 Å². The fraction of sp³-hybridized carbons (Fsp3) is 0.909. The number of alkyl halides is 1. The van der Waals surface area contributed by atoms with Crippen LogP contribution in [0.2, 0.25) is 0 Å². The third kappa shape index (κ3) is 3.56. The van der Waals surface area contributed by atoms with Crippen LogP contribution in [0.3, 0.4) is 0 Å². The Kier molecular flexibility index (Phi) is 5.40. The minimum absolute atomic E-state index is 0.128. The molecule has 0 aromatic heterocycles. The van der Waals surface area contributed by atoms with Gasteiger partial charge in [-0.25, -0.2) is 0 Å². The molecule has 0 bridgehead atoms. The Morgan fingerprint density at radius 3 is 2.00 bits per heavy atom. The highest BCUT2D eigenvalue weighted by atomic mass is 35.5. The molecule has 0 aliphatic carbocycles. The molecule has 0 aliphatic rings. The van der Waals surface area contributed by atoms with Crippen molar-refractivity contribution in [2.45, 2.75) is 51.8 Å². The minimum atomic E-state index is -0.128. The van der Waals surface area contributed by atoms with E-state index >= 15 is 0 Å². The van der Waals surface area contributed by atoms with Crippen molar-refractivity contribution < 1.29 is 0 Å². The van der Waals surface area contributed by atoms with Gasteiger partial charge in [0.05, 0.1) is 6.07 Å². The maximum atomic E-state index is 8.45. The number of nitrogens with zero attached hydrogens (tertiary/aromatic N) is 1. The Labute approximate surface area is 87.1 Å². The monoisotopic (exact) mass is 201 g/mol. The van der Waals surface area contributed by atoms with Crippen molar-refractivity contribution in [2.75, 3.05) is 0 Å². The number of unbranched alkanes of at least 4 members (excludes halogenated alkanes) is 1. The van der Waals surface area contributed by atoms with Crippen LogP contribution in [0.5, 0.6) is 0 Å². The van der Waals surface area contributed by atoms with Crippen molar-refractivity contribution in [1.29, 1.82) is 5.26 Å². The van der Waals surface area contributed by atoms with Crippen molar-refractivity contribution in [3.63, 3.8) is 0 Å². The summed E-state index contributed by atoms with van der Waals surface area (Å²) in [5.41, 5.74) is 0. The SMILES string of the molecule is CC(C)C(Cl)(CCCC#N)C(C)C. The van der Waals surface area contributed by atoms with Crippen molar-refractivity contribution in [2.24, 2.45) is 11.8 Å². The van der Waals surface area contributed by atoms with Gasteiger partial charge in [0.1, 0.15) is 0 Å². The van der Waals surface area contributed by atoms with E-state index in [2.05, 4.69) is 33.8 Å². The number of hydrogen-bond donors (Lipinski definition) is 0. The van der Waals surface area contributed by atoms with Gasteiger partial charge in [-0.2, -0.15) is 5.26 Å². The molecular formula is C11H20ClN. The zero-order chi connectivity index (χ0) is 10.5. The fourth-order valence-electron chi connectivity index (χ4n) is 1.68. The molecule has 0 unspecified atom stereocenters. The van der Waals surface area contributed by atoms with E-state index in [1.807, 2.05) is 0 Å². The molecule has 0 radical (unpaired) electrons. The zero-order valence-electron chi connectivity index (χ0n) is 9.10. The van der Waals surface area contributed by atoms with Gasteiger partial charge >= 0.3 is 0 Å². The Hall–Kier alpha value is -0.220. The first-order chi connectivity index (χ1) is 5.95. The largest absolute Gasteiger partial charge is 0.198 e. The molecule has 0 rings (SSSR count). The van der Waals surface area contributed by atoms with Crippen LogP contribution in [0.25, 0.3) is 0 Å². The summed E-state index contributed by atoms with van der Waals surface area (Å²) in [6.07, 6.45) is 2.47. The molecular weight excluding hydrogens is 182 g/mol. The summed E-state index contributed by atoms with van der Waals surface area (Å²) in [6.45, 7) is 8.61. The first-order valence-electron chi connectivity index (χ1n) is 5.01. The lowest BCUT2D eigenvalue weighted by molar-refractivity contribution is 0.300. The van der Waals surface area contributed by atoms with Gasteiger partial charge in [0.25, 0.3) is 0 Å². The Morgan fingerprint density at radius 2 is 1.69 bits per heavy atom. The van der Waals surface area contributed by atoms with Crippen molar-refractivity contribution in [1.82, 2.24) is 0 Å². The molecule has 1 nitrogen and oxygen atoms in total. The molecule has 0 aromatic rings. The van der Waals surface area contributed by atoms with E-state index in [9.17, 15) is 0 Å². The predicted octanol–water partition coefficient (Wildman–Crippen LogP) is 3.97. The second-order valence-electron chi connectivity index (χ2n) is 4.25. The highest BCUT2D eigenvalue weighted by molar-refractivity contribution is 6.24. The van der Waals surface area contributed by atoms with Crippen molar-refractivity contribution >= 4 is 11.6 Å². The number of rotatable bonds is 5. The molecule has 0 saturated carbocycles. The standard InChI is InChI=1S/C11H20ClN/c1-9(2)11(12,10(3)4)7-5-6-8-13/h9-10H,5-7H2,1-4H3. The molecule has 0 N–H and O–H groups in total. The predicted molar refractivity (Wildman–Crippen MR) is 57.7 cm³/mol. The molecule has 13 heavy (non-hydrogen) atoms. The third-order valence-electron chi connectivity index (χ3n) is 2.77. The lowest BCUT2D eigenvalue weighted by atomic mass is 9.81. The highest BCUT2D eigenvalue weighted by Gasteiger charge is 2.33. The van der Waals surface area contributed by atoms with E-state index in [1.54, 1.807) is 0 Å². The Balaban J connectivity index is 4.19. The molecule has 0 aliphatic heterocycles. The molecule has 0 heterocycles. The normalized spacial score (nSPS) is 12.2. The number of hydrogen-bond acceptors (Lipinski definition) is 1. The van der Waals surface area contributed by atoms with E-state index in [4.69, 9.17) is 16.9 Å². The van der Waals surface area contributed by atoms with Gasteiger partial charge in [0, 0.05) is 11.3 Å². The van der Waals surface area contributed by atoms with Crippen LogP contribution in [-0.4, -0.2) is 4.87 Å². The van der Waals surface area contributed by atoms with Crippen LogP contribution in [-0.2, 0) is 0 Å². The van der Waals surface area contributed by atoms with E-state index < -0.39 is 0 Å². The van der Waals surface area contributed by atoms with Gasteiger partial charge in [-0.1, -0.05) is 27.7 Å². The molecule has 0 amide bonds. The van der Waals surface area contributed by atoms with Gasteiger partial charge in [-0.15, -0.1) is 11.6 Å². The van der Waals surface area contributed by atoms with Crippen LogP contribution >= 0.6 is 11.6 Å². The second-order valence-corrected chi connectivity index (χ2v) is 4.95. The van der Waals surface area contributed by atoms with Crippen LogP contribution in [0.1, 0.15) is 47.0 Å². The van der Waals surface area contributed by atoms with Crippen molar-refractivity contribution in [3.05, 3.63) is 0 Å². The average Bonchev–Trinajstić information content (AvgIpc) is 2.03. The first-order valence-corrected chi connectivity index (χ1v) is 5.38. The number of halogens is 1. The van der Waals surface area contributed by atoms with E-state index in [1.165, 1.54) is 0 Å². The molecule has 0 fully saturated rings. The highest BCUT2D eigenvalue weighted by Crippen LogP contribution is 2.37. The van der Waals surface area contributed by atoms with Crippen LogP contribution in [0, 0.1) is 23.2 Å². The van der Waals surface area contributed by atoms with Gasteiger partial charge in [0.2, 0.25) is 0 Å². The van der Waals surface area contributed by atoms with Gasteiger partial charge in [-0.3, -0.25) is 0 Å². The minimum Gasteiger partial charge on any atom is -0.198 e. The van der Waals surface area contributed by atoms with Gasteiger partial charge in [0.15, 0.2) is 0 Å². The summed E-state index contributed by atoms with van der Waals surface area (Å²) in [4.78, 5) is -0.128. The molecule has 0 aromatic carbocycles. The van der Waals surface area contributed by atoms with E-state index in [0.717, 1.165) is 12.8 Å². The van der Waals surface area contributed by atoms with Gasteiger partial charge < -0.3 is 0 Å². The molecule has 76 valence electrons. The third-order valence-corrected chi connectivity index (χ3v) is 3.83. The maximum Gasteiger partial charge on any atom is 0.0621 e. The molecule has 0 spiro atoms. The van der Waals surface area contributed by atoms with E-state index in [-0.39, 0.29) is 4.87 Å². The summed E-state index contributed by atoms with van der Waals surface area (Å²) in [5, 5.41) is 8.45. The second kappa shape index (κ2) is 5.50. The summed E-state index contributed by atoms with van der Waals surface area (Å²) in [6, 6.07) is 2.16. The molecule has 0 saturated heterocycles. The molecule has 0 atom stereocenters. The zero-order valence-corrected chi connectivity index (χ0v) is 9.86. The summed E-state index contributed by atoms with van der Waals surface area (Å²) >= 11 is 6.54. The maximum absolute atomic E-state index is 8.45.